The van der Waals surface area contributed by atoms with E-state index in [0.29, 0.717) is 29.5 Å². The van der Waals surface area contributed by atoms with Gasteiger partial charge in [0.1, 0.15) is 12.4 Å². The van der Waals surface area contributed by atoms with Crippen molar-refractivity contribution in [2.75, 3.05) is 33.3 Å². The van der Waals surface area contributed by atoms with Crippen LogP contribution in [0, 0.1) is 0 Å². The second-order valence-corrected chi connectivity index (χ2v) is 7.25. The van der Waals surface area contributed by atoms with Gasteiger partial charge in [0.2, 0.25) is 5.75 Å². The van der Waals surface area contributed by atoms with E-state index in [4.69, 9.17) is 23.7 Å². The number of rotatable bonds is 11. The fourth-order valence-electron chi connectivity index (χ4n) is 3.12. The van der Waals surface area contributed by atoms with Crippen LogP contribution in [0.1, 0.15) is 11.1 Å². The number of amides is 1. The molecule has 0 atom stereocenters. The number of nitrogens with one attached hydrogen (secondary N) is 1. The Bertz CT molecular complexity index is 1130. The van der Waals surface area contributed by atoms with Gasteiger partial charge in [-0.2, -0.15) is 0 Å². The number of ether oxygens (including phenoxy) is 5. The van der Waals surface area contributed by atoms with Crippen molar-refractivity contribution < 1.29 is 33.3 Å². The van der Waals surface area contributed by atoms with Gasteiger partial charge in [0.05, 0.1) is 21.3 Å². The van der Waals surface area contributed by atoms with Gasteiger partial charge in [-0.25, -0.2) is 4.79 Å². The zero-order valence-corrected chi connectivity index (χ0v) is 19.8. The number of hydrogen-bond acceptors (Lipinski definition) is 7. The van der Waals surface area contributed by atoms with Crippen LogP contribution in [0.15, 0.2) is 72.8 Å². The first-order chi connectivity index (χ1) is 17.0. The van der Waals surface area contributed by atoms with Crippen LogP contribution in [0.25, 0.3) is 6.08 Å². The Morgan fingerprint density at radius 2 is 1.51 bits per heavy atom. The Morgan fingerprint density at radius 1 is 0.857 bits per heavy atom. The summed E-state index contributed by atoms with van der Waals surface area (Å²) in [6, 6.07) is 20.3. The maximum Gasteiger partial charge on any atom is 0.331 e. The lowest BCUT2D eigenvalue weighted by atomic mass is 10.2. The van der Waals surface area contributed by atoms with Gasteiger partial charge in [0, 0.05) is 23.9 Å². The smallest absolute Gasteiger partial charge is 0.331 e. The molecule has 182 valence electrons. The van der Waals surface area contributed by atoms with Crippen LogP contribution < -0.4 is 24.3 Å². The molecule has 0 radical (unpaired) electrons. The summed E-state index contributed by atoms with van der Waals surface area (Å²) in [5.74, 6) is 0.741. The summed E-state index contributed by atoms with van der Waals surface area (Å²) >= 11 is 0. The van der Waals surface area contributed by atoms with E-state index in [2.05, 4.69) is 5.32 Å². The Balaban J connectivity index is 1.47. The molecule has 3 aromatic carbocycles. The standard InChI is InChI=1S/C27H27NO7/c1-31-23-15-21(16-24(32-2)27(23)33-3)28-25(29)18-35-26(30)14-11-19-9-12-22(13-10-19)34-17-20-7-5-4-6-8-20/h4-16H,17-18H2,1-3H3,(H,28,29)/b14-11+. The van der Waals surface area contributed by atoms with E-state index in [1.165, 1.54) is 27.4 Å². The maximum atomic E-state index is 12.2. The molecule has 0 saturated heterocycles. The molecule has 0 heterocycles. The Morgan fingerprint density at radius 3 is 2.11 bits per heavy atom. The minimum absolute atomic E-state index is 0.388. The van der Waals surface area contributed by atoms with E-state index < -0.39 is 18.5 Å². The fourth-order valence-corrected chi connectivity index (χ4v) is 3.12. The minimum atomic E-state index is -0.644. The second kappa shape index (κ2) is 12.7. The highest BCUT2D eigenvalue weighted by Crippen LogP contribution is 2.39. The first kappa shape index (κ1) is 25.2. The molecular formula is C27H27NO7. The molecule has 8 heteroatoms. The Labute approximate surface area is 204 Å². The molecule has 0 fully saturated rings. The van der Waals surface area contributed by atoms with Crippen LogP contribution in [0.4, 0.5) is 5.69 Å². The topological polar surface area (TPSA) is 92.3 Å². The molecule has 0 aromatic heterocycles. The third kappa shape index (κ3) is 7.53. The molecule has 0 unspecified atom stereocenters. The number of hydrogen-bond donors (Lipinski definition) is 1. The van der Waals surface area contributed by atoms with E-state index in [0.717, 1.165) is 16.9 Å². The quantitative estimate of drug-likeness (QED) is 0.321. The fraction of sp³-hybridized carbons (Fsp3) is 0.185. The highest BCUT2D eigenvalue weighted by molar-refractivity contribution is 5.95. The summed E-state index contributed by atoms with van der Waals surface area (Å²) in [5.41, 5.74) is 2.27. The third-order valence-corrected chi connectivity index (χ3v) is 4.83. The number of carbonyl (C=O) groups is 2. The van der Waals surface area contributed by atoms with Crippen molar-refractivity contribution in [2.45, 2.75) is 6.61 Å². The third-order valence-electron chi connectivity index (χ3n) is 4.83. The first-order valence-electron chi connectivity index (χ1n) is 10.7. The van der Waals surface area contributed by atoms with Gasteiger partial charge in [-0.15, -0.1) is 0 Å². The summed E-state index contributed by atoms with van der Waals surface area (Å²) in [5, 5.41) is 2.63. The molecule has 8 nitrogen and oxygen atoms in total. The normalized spacial score (nSPS) is 10.5. The lowest BCUT2D eigenvalue weighted by Gasteiger charge is -2.14. The van der Waals surface area contributed by atoms with Crippen molar-refractivity contribution in [1.29, 1.82) is 0 Å². The number of carbonyl (C=O) groups excluding carboxylic acids is 2. The van der Waals surface area contributed by atoms with Gasteiger partial charge in [-0.05, 0) is 29.3 Å². The summed E-state index contributed by atoms with van der Waals surface area (Å²) in [6.07, 6.45) is 2.85. The van der Waals surface area contributed by atoms with Crippen molar-refractivity contribution in [1.82, 2.24) is 0 Å². The van der Waals surface area contributed by atoms with Crippen molar-refractivity contribution in [3.63, 3.8) is 0 Å². The predicted octanol–water partition coefficient (Wildman–Crippen LogP) is 4.49. The van der Waals surface area contributed by atoms with Crippen molar-refractivity contribution in [3.05, 3.63) is 83.9 Å². The average molecular weight is 478 g/mol. The molecule has 3 aromatic rings. The zero-order chi connectivity index (χ0) is 25.0. The summed E-state index contributed by atoms with van der Waals surface area (Å²) in [7, 11) is 4.43. The van der Waals surface area contributed by atoms with E-state index in [1.807, 2.05) is 54.6 Å². The molecule has 1 amide bonds. The molecule has 0 aliphatic rings. The Kier molecular flexibility index (Phi) is 9.13. The lowest BCUT2D eigenvalue weighted by molar-refractivity contribution is -0.142. The van der Waals surface area contributed by atoms with Crippen molar-refractivity contribution in [3.8, 4) is 23.0 Å². The zero-order valence-electron chi connectivity index (χ0n) is 19.8. The predicted molar refractivity (Wildman–Crippen MR) is 132 cm³/mol. The largest absolute Gasteiger partial charge is 0.493 e. The number of methoxy groups -OCH3 is 3. The lowest BCUT2D eigenvalue weighted by Crippen LogP contribution is -2.20. The Hall–Kier alpha value is -4.46. The van der Waals surface area contributed by atoms with E-state index in [9.17, 15) is 9.59 Å². The van der Waals surface area contributed by atoms with Crippen molar-refractivity contribution in [2.24, 2.45) is 0 Å². The second-order valence-electron chi connectivity index (χ2n) is 7.25. The molecule has 1 N–H and O–H groups in total. The van der Waals surface area contributed by atoms with Gasteiger partial charge >= 0.3 is 5.97 Å². The maximum absolute atomic E-state index is 12.2. The number of esters is 1. The van der Waals surface area contributed by atoms with Gasteiger partial charge in [-0.1, -0.05) is 42.5 Å². The number of anilines is 1. The minimum Gasteiger partial charge on any atom is -0.493 e. The molecular weight excluding hydrogens is 450 g/mol. The summed E-state index contributed by atoms with van der Waals surface area (Å²) in [4.78, 5) is 24.2. The summed E-state index contributed by atoms with van der Waals surface area (Å²) < 4.78 is 26.5. The van der Waals surface area contributed by atoms with E-state index in [-0.39, 0.29) is 0 Å². The highest BCUT2D eigenvalue weighted by atomic mass is 16.5. The van der Waals surface area contributed by atoms with Crippen LogP contribution in [0.3, 0.4) is 0 Å². The monoisotopic (exact) mass is 477 g/mol. The van der Waals surface area contributed by atoms with Gasteiger partial charge in [-0.3, -0.25) is 4.79 Å². The summed E-state index contributed by atoms with van der Waals surface area (Å²) in [6.45, 7) is 0.0204. The van der Waals surface area contributed by atoms with Crippen LogP contribution in [0.2, 0.25) is 0 Å². The van der Waals surface area contributed by atoms with Gasteiger partial charge in [0.25, 0.3) is 5.91 Å². The van der Waals surface area contributed by atoms with Gasteiger partial charge < -0.3 is 29.0 Å². The molecule has 0 aliphatic heterocycles. The van der Waals surface area contributed by atoms with E-state index in [1.54, 1.807) is 18.2 Å². The molecule has 3 rings (SSSR count). The molecule has 0 bridgehead atoms. The number of benzene rings is 3. The van der Waals surface area contributed by atoms with Crippen LogP contribution in [-0.2, 0) is 20.9 Å². The van der Waals surface area contributed by atoms with Crippen LogP contribution in [-0.4, -0.2) is 39.8 Å². The molecule has 0 aliphatic carbocycles. The van der Waals surface area contributed by atoms with Gasteiger partial charge in [0.15, 0.2) is 18.1 Å². The first-order valence-corrected chi connectivity index (χ1v) is 10.7. The highest BCUT2D eigenvalue weighted by Gasteiger charge is 2.15. The average Bonchev–Trinajstić information content (AvgIpc) is 2.90. The van der Waals surface area contributed by atoms with Crippen LogP contribution in [0.5, 0.6) is 23.0 Å². The molecule has 0 spiro atoms. The SMILES string of the molecule is COc1cc(NC(=O)COC(=O)/C=C/c2ccc(OCc3ccccc3)cc2)cc(OC)c1OC. The molecule has 0 saturated carbocycles. The van der Waals surface area contributed by atoms with Crippen LogP contribution >= 0.6 is 0 Å². The van der Waals surface area contributed by atoms with Crippen molar-refractivity contribution >= 4 is 23.6 Å². The van der Waals surface area contributed by atoms with E-state index >= 15 is 0 Å². The molecule has 35 heavy (non-hydrogen) atoms.